The van der Waals surface area contributed by atoms with E-state index in [1.54, 1.807) is 0 Å². The average Bonchev–Trinajstić information content (AvgIpc) is 2.27. The van der Waals surface area contributed by atoms with E-state index in [2.05, 4.69) is 28.2 Å². The molecule has 0 aromatic carbocycles. The molecule has 0 aromatic rings. The number of nitrogens with one attached hydrogen (secondary N) is 1. The van der Waals surface area contributed by atoms with E-state index in [-0.39, 0.29) is 5.91 Å². The Morgan fingerprint density at radius 1 is 1.38 bits per heavy atom. The molecule has 2 nitrogen and oxygen atoms in total. The second-order valence-electron chi connectivity index (χ2n) is 4.89. The van der Waals surface area contributed by atoms with Crippen LogP contribution >= 0.6 is 15.9 Å². The summed E-state index contributed by atoms with van der Waals surface area (Å²) >= 11 is 3.67. The van der Waals surface area contributed by atoms with E-state index < -0.39 is 0 Å². The highest BCUT2D eigenvalue weighted by atomic mass is 79.9. The fraction of sp³-hybridized carbons (Fsp3) is 0.923. The molecule has 1 N–H and O–H groups in total. The number of hydrogen-bond donors (Lipinski definition) is 1. The molecular formula is C13H24BrNO. The fourth-order valence-corrected chi connectivity index (χ4v) is 3.15. The Bertz CT molecular complexity index is 208. The van der Waals surface area contributed by atoms with Crippen LogP contribution in [-0.2, 0) is 4.79 Å². The van der Waals surface area contributed by atoms with Crippen molar-refractivity contribution in [3.05, 3.63) is 0 Å². The highest BCUT2D eigenvalue weighted by Crippen LogP contribution is 2.28. The summed E-state index contributed by atoms with van der Waals surface area (Å²) < 4.78 is 0. The van der Waals surface area contributed by atoms with Gasteiger partial charge in [-0.05, 0) is 31.6 Å². The molecule has 0 aliphatic heterocycles. The number of alkyl halides is 1. The molecular weight excluding hydrogens is 266 g/mol. The molecule has 1 amide bonds. The van der Waals surface area contributed by atoms with Crippen LogP contribution < -0.4 is 5.32 Å². The third-order valence-corrected chi connectivity index (χ3v) is 4.15. The fourth-order valence-electron chi connectivity index (χ4n) is 2.29. The largest absolute Gasteiger partial charge is 0.356 e. The first kappa shape index (κ1) is 14.0. The van der Waals surface area contributed by atoms with Crippen LogP contribution in [0.2, 0.25) is 0 Å². The molecule has 0 bridgehead atoms. The molecule has 94 valence electrons. The molecule has 1 rings (SSSR count). The minimum Gasteiger partial charge on any atom is -0.356 e. The van der Waals surface area contributed by atoms with Crippen molar-refractivity contribution in [2.24, 2.45) is 5.92 Å². The van der Waals surface area contributed by atoms with Crippen LogP contribution in [0, 0.1) is 5.92 Å². The molecule has 16 heavy (non-hydrogen) atoms. The molecule has 1 fully saturated rings. The van der Waals surface area contributed by atoms with Gasteiger partial charge >= 0.3 is 0 Å². The predicted molar refractivity (Wildman–Crippen MR) is 71.8 cm³/mol. The second-order valence-corrected chi connectivity index (χ2v) is 6.19. The van der Waals surface area contributed by atoms with Crippen LogP contribution in [0.15, 0.2) is 0 Å². The Morgan fingerprint density at radius 2 is 2.19 bits per heavy atom. The van der Waals surface area contributed by atoms with E-state index >= 15 is 0 Å². The van der Waals surface area contributed by atoms with Crippen LogP contribution in [0.4, 0.5) is 0 Å². The van der Waals surface area contributed by atoms with Crippen molar-refractivity contribution in [3.63, 3.8) is 0 Å². The van der Waals surface area contributed by atoms with E-state index in [4.69, 9.17) is 0 Å². The van der Waals surface area contributed by atoms with Gasteiger partial charge in [-0.25, -0.2) is 0 Å². The number of carbonyl (C=O) groups excluding carboxylic acids is 1. The van der Waals surface area contributed by atoms with Crippen molar-refractivity contribution in [1.82, 2.24) is 5.32 Å². The van der Waals surface area contributed by atoms with Gasteiger partial charge in [0.2, 0.25) is 5.91 Å². The highest BCUT2D eigenvalue weighted by molar-refractivity contribution is 9.09. The van der Waals surface area contributed by atoms with Crippen LogP contribution in [0.25, 0.3) is 0 Å². The summed E-state index contributed by atoms with van der Waals surface area (Å²) in [5.74, 6) is 0.929. The number of halogens is 1. The van der Waals surface area contributed by atoms with Gasteiger partial charge in [0.25, 0.3) is 0 Å². The first-order valence-electron chi connectivity index (χ1n) is 6.63. The van der Waals surface area contributed by atoms with Gasteiger partial charge in [-0.1, -0.05) is 42.1 Å². The van der Waals surface area contributed by atoms with Gasteiger partial charge in [-0.2, -0.15) is 0 Å². The summed E-state index contributed by atoms with van der Waals surface area (Å²) in [6, 6.07) is 0. The summed E-state index contributed by atoms with van der Waals surface area (Å²) in [4.78, 5) is 12.2. The minimum absolute atomic E-state index is 0.241. The monoisotopic (exact) mass is 289 g/mol. The minimum atomic E-state index is 0.241. The lowest BCUT2D eigenvalue weighted by Gasteiger charge is -2.25. The lowest BCUT2D eigenvalue weighted by atomic mass is 9.89. The van der Waals surface area contributed by atoms with Gasteiger partial charge in [0.05, 0.1) is 0 Å². The zero-order valence-corrected chi connectivity index (χ0v) is 11.9. The van der Waals surface area contributed by atoms with Crippen molar-refractivity contribution in [1.29, 1.82) is 0 Å². The molecule has 0 radical (unpaired) electrons. The van der Waals surface area contributed by atoms with Gasteiger partial charge in [0.15, 0.2) is 0 Å². The summed E-state index contributed by atoms with van der Waals surface area (Å²) in [6.07, 6.45) is 9.17. The summed E-state index contributed by atoms with van der Waals surface area (Å²) in [7, 11) is 0. The molecule has 2 unspecified atom stereocenters. The number of rotatable bonds is 6. The van der Waals surface area contributed by atoms with Crippen LogP contribution in [0.5, 0.6) is 0 Å². The summed E-state index contributed by atoms with van der Waals surface area (Å²) in [5.41, 5.74) is 0. The lowest BCUT2D eigenvalue weighted by molar-refractivity contribution is -0.121. The summed E-state index contributed by atoms with van der Waals surface area (Å²) in [6.45, 7) is 3.04. The van der Waals surface area contributed by atoms with Gasteiger partial charge in [-0.15, -0.1) is 0 Å². The van der Waals surface area contributed by atoms with Gasteiger partial charge in [0.1, 0.15) is 0 Å². The SMILES string of the molecule is CCCCCC(=O)NCC1CCCC(Br)C1. The molecule has 1 aliphatic rings. The van der Waals surface area contributed by atoms with Crippen molar-refractivity contribution in [2.45, 2.75) is 63.1 Å². The van der Waals surface area contributed by atoms with E-state index in [9.17, 15) is 4.79 Å². The quantitative estimate of drug-likeness (QED) is 0.587. The Balaban J connectivity index is 2.06. The highest BCUT2D eigenvalue weighted by Gasteiger charge is 2.20. The second kappa shape index (κ2) is 8.10. The third kappa shape index (κ3) is 5.88. The van der Waals surface area contributed by atoms with Crippen LogP contribution in [0.3, 0.4) is 0 Å². The smallest absolute Gasteiger partial charge is 0.220 e. The zero-order valence-electron chi connectivity index (χ0n) is 10.3. The third-order valence-electron chi connectivity index (χ3n) is 3.31. The molecule has 0 saturated heterocycles. The Kier molecular flexibility index (Phi) is 7.10. The van der Waals surface area contributed by atoms with Gasteiger partial charge in [-0.3, -0.25) is 4.79 Å². The van der Waals surface area contributed by atoms with Crippen molar-refractivity contribution in [3.8, 4) is 0 Å². The van der Waals surface area contributed by atoms with Crippen LogP contribution in [0.1, 0.15) is 58.3 Å². The Labute approximate surface area is 108 Å². The predicted octanol–water partition coefficient (Wildman–Crippen LogP) is 3.64. The van der Waals surface area contributed by atoms with E-state index in [0.29, 0.717) is 17.2 Å². The van der Waals surface area contributed by atoms with Crippen LogP contribution in [-0.4, -0.2) is 17.3 Å². The molecule has 0 heterocycles. The number of hydrogen-bond acceptors (Lipinski definition) is 1. The first-order valence-corrected chi connectivity index (χ1v) is 7.54. The molecule has 1 saturated carbocycles. The molecule has 3 heteroatoms. The molecule has 1 aliphatic carbocycles. The number of unbranched alkanes of at least 4 members (excludes halogenated alkanes) is 2. The van der Waals surface area contributed by atoms with Crippen molar-refractivity contribution in [2.75, 3.05) is 6.54 Å². The normalized spacial score (nSPS) is 25.4. The Morgan fingerprint density at radius 3 is 2.88 bits per heavy atom. The zero-order chi connectivity index (χ0) is 11.8. The number of carbonyl (C=O) groups is 1. The maximum Gasteiger partial charge on any atom is 0.220 e. The van der Waals surface area contributed by atoms with E-state index in [1.165, 1.54) is 38.5 Å². The molecule has 0 spiro atoms. The van der Waals surface area contributed by atoms with Crippen molar-refractivity contribution >= 4 is 21.8 Å². The standard InChI is InChI=1S/C13H24BrNO/c1-2-3-4-8-13(16)15-10-11-6-5-7-12(14)9-11/h11-12H,2-10H2,1H3,(H,15,16). The lowest BCUT2D eigenvalue weighted by Crippen LogP contribution is -2.31. The maximum atomic E-state index is 11.5. The maximum absolute atomic E-state index is 11.5. The molecule has 2 atom stereocenters. The molecule has 0 aromatic heterocycles. The van der Waals surface area contributed by atoms with Gasteiger partial charge < -0.3 is 5.32 Å². The topological polar surface area (TPSA) is 29.1 Å². The van der Waals surface area contributed by atoms with E-state index in [1.807, 2.05) is 0 Å². The summed E-state index contributed by atoms with van der Waals surface area (Å²) in [5, 5.41) is 3.07. The Hall–Kier alpha value is -0.0500. The van der Waals surface area contributed by atoms with E-state index in [0.717, 1.165) is 13.0 Å². The number of amides is 1. The van der Waals surface area contributed by atoms with Gasteiger partial charge in [0, 0.05) is 17.8 Å². The first-order chi connectivity index (χ1) is 7.72. The average molecular weight is 290 g/mol. The van der Waals surface area contributed by atoms with Crippen molar-refractivity contribution < 1.29 is 4.79 Å².